The van der Waals surface area contributed by atoms with Crippen molar-refractivity contribution < 1.29 is 18.7 Å². The van der Waals surface area contributed by atoms with Crippen molar-refractivity contribution in [3.63, 3.8) is 0 Å². The Morgan fingerprint density at radius 1 is 1.06 bits per heavy atom. The van der Waals surface area contributed by atoms with Gasteiger partial charge in [-0.25, -0.2) is 0 Å². The van der Waals surface area contributed by atoms with Crippen molar-refractivity contribution in [1.82, 2.24) is 14.8 Å². The summed E-state index contributed by atoms with van der Waals surface area (Å²) in [4.78, 5) is 12.5. The molecule has 0 radical (unpaired) electrons. The second-order valence-corrected chi connectivity index (χ2v) is 7.55. The number of methoxy groups -OCH3 is 1. The summed E-state index contributed by atoms with van der Waals surface area (Å²) in [7, 11) is 1.60. The largest absolute Gasteiger partial charge is 0.497 e. The Labute approximate surface area is 189 Å². The van der Waals surface area contributed by atoms with Crippen LogP contribution in [-0.2, 0) is 4.79 Å². The van der Waals surface area contributed by atoms with E-state index in [1.807, 2.05) is 41.8 Å². The average Bonchev–Trinajstić information content (AvgIpc) is 3.49. The first-order chi connectivity index (χ1) is 15.7. The van der Waals surface area contributed by atoms with Crippen molar-refractivity contribution >= 4 is 23.4 Å². The first-order valence-electron chi connectivity index (χ1n) is 9.97. The summed E-state index contributed by atoms with van der Waals surface area (Å²) >= 11 is 1.29. The van der Waals surface area contributed by atoms with Crippen LogP contribution in [0.25, 0.3) is 17.3 Å². The number of carbonyl (C=O) groups is 1. The minimum absolute atomic E-state index is 0.152. The van der Waals surface area contributed by atoms with Crippen molar-refractivity contribution in [3.8, 4) is 28.8 Å². The average molecular weight is 451 g/mol. The molecular formula is C23H22N4O4S. The van der Waals surface area contributed by atoms with Crippen LogP contribution in [0.1, 0.15) is 6.92 Å². The minimum Gasteiger partial charge on any atom is -0.497 e. The predicted molar refractivity (Wildman–Crippen MR) is 123 cm³/mol. The van der Waals surface area contributed by atoms with E-state index in [1.54, 1.807) is 43.7 Å². The fourth-order valence-corrected chi connectivity index (χ4v) is 3.77. The fraction of sp³-hybridized carbons (Fsp3) is 0.174. The summed E-state index contributed by atoms with van der Waals surface area (Å²) in [5, 5.41) is 12.0. The molecule has 0 spiro atoms. The van der Waals surface area contributed by atoms with Gasteiger partial charge in [-0.15, -0.1) is 10.2 Å². The number of rotatable bonds is 9. The molecule has 0 saturated carbocycles. The highest BCUT2D eigenvalue weighted by molar-refractivity contribution is 7.99. The lowest BCUT2D eigenvalue weighted by Crippen LogP contribution is -2.14. The number of hydrogen-bond acceptors (Lipinski definition) is 7. The second-order valence-electron chi connectivity index (χ2n) is 6.61. The molecule has 0 saturated heterocycles. The smallest absolute Gasteiger partial charge is 0.234 e. The van der Waals surface area contributed by atoms with Gasteiger partial charge >= 0.3 is 0 Å². The molecular weight excluding hydrogens is 428 g/mol. The minimum atomic E-state index is -0.152. The summed E-state index contributed by atoms with van der Waals surface area (Å²) in [6.45, 7) is 2.53. The number of nitrogens with zero attached hydrogens (tertiary/aromatic N) is 3. The zero-order valence-electron chi connectivity index (χ0n) is 17.6. The SMILES string of the molecule is CCOc1ccc(-n2c(SCC(=O)Nc3ccc(OC)cc3)nnc2-c2ccco2)cc1. The van der Waals surface area contributed by atoms with Gasteiger partial charge in [0.1, 0.15) is 11.5 Å². The number of benzene rings is 2. The van der Waals surface area contributed by atoms with E-state index in [9.17, 15) is 4.79 Å². The Balaban J connectivity index is 1.53. The van der Waals surface area contributed by atoms with E-state index in [-0.39, 0.29) is 11.7 Å². The van der Waals surface area contributed by atoms with Crippen molar-refractivity contribution in [3.05, 3.63) is 66.9 Å². The van der Waals surface area contributed by atoms with Crippen LogP contribution in [0.4, 0.5) is 5.69 Å². The van der Waals surface area contributed by atoms with Gasteiger partial charge in [0.2, 0.25) is 11.7 Å². The van der Waals surface area contributed by atoms with Crippen molar-refractivity contribution in [2.75, 3.05) is 24.8 Å². The number of carbonyl (C=O) groups excluding carboxylic acids is 1. The van der Waals surface area contributed by atoms with Crippen molar-refractivity contribution in [2.24, 2.45) is 0 Å². The predicted octanol–water partition coefficient (Wildman–Crippen LogP) is 4.67. The van der Waals surface area contributed by atoms with Gasteiger partial charge in [-0.1, -0.05) is 11.8 Å². The molecule has 9 heteroatoms. The molecule has 2 aromatic heterocycles. The molecule has 4 aromatic rings. The molecule has 164 valence electrons. The summed E-state index contributed by atoms with van der Waals surface area (Å²) in [5.41, 5.74) is 1.53. The summed E-state index contributed by atoms with van der Waals surface area (Å²) in [5.74, 6) is 2.65. The standard InChI is InChI=1S/C23H22N4O4S/c1-3-30-19-12-8-17(9-13-19)27-22(20-5-4-14-31-20)25-26-23(27)32-15-21(28)24-16-6-10-18(29-2)11-7-16/h4-14H,3,15H2,1-2H3,(H,24,28). The summed E-state index contributed by atoms with van der Waals surface area (Å²) in [6.07, 6.45) is 1.58. The first kappa shape index (κ1) is 21.5. The fourth-order valence-electron chi connectivity index (χ4n) is 3.02. The molecule has 2 aromatic carbocycles. The van der Waals surface area contributed by atoms with Crippen LogP contribution >= 0.6 is 11.8 Å². The normalized spacial score (nSPS) is 10.7. The van der Waals surface area contributed by atoms with Crippen LogP contribution in [-0.4, -0.2) is 40.1 Å². The quantitative estimate of drug-likeness (QED) is 0.371. The first-order valence-corrected chi connectivity index (χ1v) is 11.0. The Morgan fingerprint density at radius 3 is 2.47 bits per heavy atom. The number of ether oxygens (including phenoxy) is 2. The van der Waals surface area contributed by atoms with Gasteiger partial charge in [-0.3, -0.25) is 9.36 Å². The third kappa shape index (κ3) is 4.94. The van der Waals surface area contributed by atoms with Gasteiger partial charge in [0, 0.05) is 5.69 Å². The van der Waals surface area contributed by atoms with Gasteiger partial charge in [0.05, 0.1) is 31.4 Å². The van der Waals surface area contributed by atoms with E-state index >= 15 is 0 Å². The number of furan rings is 1. The van der Waals surface area contributed by atoms with Gasteiger partial charge in [0.25, 0.3) is 0 Å². The zero-order valence-corrected chi connectivity index (χ0v) is 18.5. The molecule has 1 N–H and O–H groups in total. The zero-order chi connectivity index (χ0) is 22.3. The van der Waals surface area contributed by atoms with E-state index in [1.165, 1.54) is 11.8 Å². The van der Waals surface area contributed by atoms with Gasteiger partial charge < -0.3 is 19.2 Å². The molecule has 32 heavy (non-hydrogen) atoms. The molecule has 0 fully saturated rings. The van der Waals surface area contributed by atoms with Crippen LogP contribution in [0, 0.1) is 0 Å². The van der Waals surface area contributed by atoms with E-state index in [2.05, 4.69) is 15.5 Å². The maximum Gasteiger partial charge on any atom is 0.234 e. The molecule has 0 bridgehead atoms. The molecule has 1 amide bonds. The maximum atomic E-state index is 12.5. The summed E-state index contributed by atoms with van der Waals surface area (Å²) in [6, 6.07) is 18.4. The topological polar surface area (TPSA) is 91.4 Å². The lowest BCUT2D eigenvalue weighted by molar-refractivity contribution is -0.113. The lowest BCUT2D eigenvalue weighted by atomic mass is 10.3. The Morgan fingerprint density at radius 2 is 1.81 bits per heavy atom. The van der Waals surface area contributed by atoms with Crippen LogP contribution in [0.15, 0.2) is 76.5 Å². The molecule has 0 aliphatic heterocycles. The maximum absolute atomic E-state index is 12.5. The highest BCUT2D eigenvalue weighted by Crippen LogP contribution is 2.29. The number of anilines is 1. The van der Waals surface area contributed by atoms with Crippen LogP contribution in [0.2, 0.25) is 0 Å². The van der Waals surface area contributed by atoms with E-state index in [4.69, 9.17) is 13.9 Å². The highest BCUT2D eigenvalue weighted by atomic mass is 32.2. The number of amides is 1. The third-order valence-corrected chi connectivity index (χ3v) is 5.42. The molecule has 8 nitrogen and oxygen atoms in total. The monoisotopic (exact) mass is 450 g/mol. The number of thioether (sulfide) groups is 1. The van der Waals surface area contributed by atoms with Crippen LogP contribution in [0.3, 0.4) is 0 Å². The van der Waals surface area contributed by atoms with E-state index in [0.29, 0.717) is 29.0 Å². The van der Waals surface area contributed by atoms with E-state index in [0.717, 1.165) is 17.2 Å². The van der Waals surface area contributed by atoms with Crippen molar-refractivity contribution in [1.29, 1.82) is 0 Å². The third-order valence-electron chi connectivity index (χ3n) is 4.49. The van der Waals surface area contributed by atoms with Gasteiger partial charge in [-0.2, -0.15) is 0 Å². The number of hydrogen-bond donors (Lipinski definition) is 1. The van der Waals surface area contributed by atoms with Crippen LogP contribution in [0.5, 0.6) is 11.5 Å². The molecule has 0 unspecified atom stereocenters. The lowest BCUT2D eigenvalue weighted by Gasteiger charge is -2.11. The summed E-state index contributed by atoms with van der Waals surface area (Å²) < 4.78 is 18.1. The van der Waals surface area contributed by atoms with Gasteiger partial charge in [-0.05, 0) is 67.6 Å². The van der Waals surface area contributed by atoms with Gasteiger partial charge in [0.15, 0.2) is 10.9 Å². The Kier molecular flexibility index (Phi) is 6.76. The molecule has 2 heterocycles. The van der Waals surface area contributed by atoms with Crippen LogP contribution < -0.4 is 14.8 Å². The Bertz CT molecular complexity index is 1160. The highest BCUT2D eigenvalue weighted by Gasteiger charge is 2.19. The molecule has 0 aliphatic rings. The molecule has 0 atom stereocenters. The number of nitrogens with one attached hydrogen (secondary N) is 1. The van der Waals surface area contributed by atoms with Crippen molar-refractivity contribution in [2.45, 2.75) is 12.1 Å². The second kappa shape index (κ2) is 10.1. The molecule has 4 rings (SSSR count). The molecule has 0 aliphatic carbocycles. The number of aromatic nitrogens is 3. The Hall–Kier alpha value is -3.72. The van der Waals surface area contributed by atoms with E-state index < -0.39 is 0 Å².